The fraction of sp³-hybridized carbons (Fsp3) is 0.500. The second-order valence-corrected chi connectivity index (χ2v) is 4.35. The van der Waals surface area contributed by atoms with E-state index in [9.17, 15) is 9.18 Å². The minimum absolute atomic E-state index is 0.131. The molecule has 0 aromatic carbocycles. The van der Waals surface area contributed by atoms with Gasteiger partial charge >= 0.3 is 0 Å². The van der Waals surface area contributed by atoms with Gasteiger partial charge in [0.05, 0.1) is 0 Å². The molecule has 0 aliphatic heterocycles. The number of carbonyl (C=O) groups is 1. The van der Waals surface area contributed by atoms with Gasteiger partial charge in [-0.05, 0) is 24.8 Å². The molecule has 1 aromatic heterocycles. The number of rotatable bonds is 3. The summed E-state index contributed by atoms with van der Waals surface area (Å²) in [6.45, 7) is 0.767. The lowest BCUT2D eigenvalue weighted by Gasteiger charge is -2.30. The van der Waals surface area contributed by atoms with Crippen molar-refractivity contribution in [2.75, 3.05) is 13.6 Å². The van der Waals surface area contributed by atoms with Crippen LogP contribution in [-0.2, 0) is 0 Å². The maximum Gasteiger partial charge on any atom is 0.253 e. The second-order valence-electron chi connectivity index (χ2n) is 4.35. The molecule has 1 aliphatic carbocycles. The first-order valence-corrected chi connectivity index (χ1v) is 5.54. The lowest BCUT2D eigenvalue weighted by molar-refractivity contribution is 0.0744. The molecule has 0 atom stereocenters. The molecule has 0 spiro atoms. The third-order valence-electron chi connectivity index (χ3n) is 3.08. The van der Waals surface area contributed by atoms with Gasteiger partial charge in [0, 0.05) is 31.4 Å². The molecule has 86 valence electrons. The third kappa shape index (κ3) is 2.38. The molecule has 0 N–H and O–H groups in total. The average Bonchev–Trinajstić information content (AvgIpc) is 2.22. The van der Waals surface area contributed by atoms with Crippen molar-refractivity contribution < 1.29 is 9.18 Å². The van der Waals surface area contributed by atoms with E-state index in [1.165, 1.54) is 31.5 Å². The number of hydrogen-bond donors (Lipinski definition) is 0. The van der Waals surface area contributed by atoms with Gasteiger partial charge in [-0.2, -0.15) is 4.39 Å². The molecule has 0 unspecified atom stereocenters. The first-order valence-electron chi connectivity index (χ1n) is 5.54. The van der Waals surface area contributed by atoms with Crippen molar-refractivity contribution in [1.82, 2.24) is 9.88 Å². The van der Waals surface area contributed by atoms with Gasteiger partial charge in [-0.1, -0.05) is 6.42 Å². The Balaban J connectivity index is 2.00. The molecule has 1 fully saturated rings. The largest absolute Gasteiger partial charge is 0.341 e. The van der Waals surface area contributed by atoms with Crippen molar-refractivity contribution in [3.05, 3.63) is 29.8 Å². The van der Waals surface area contributed by atoms with Crippen LogP contribution in [0.3, 0.4) is 0 Å². The van der Waals surface area contributed by atoms with Gasteiger partial charge in [0.15, 0.2) is 0 Å². The highest BCUT2D eigenvalue weighted by Gasteiger charge is 2.22. The highest BCUT2D eigenvalue weighted by Crippen LogP contribution is 2.27. The maximum atomic E-state index is 12.8. The van der Waals surface area contributed by atoms with Gasteiger partial charge < -0.3 is 4.90 Å². The van der Waals surface area contributed by atoms with Crippen LogP contribution >= 0.6 is 0 Å². The molecule has 16 heavy (non-hydrogen) atoms. The second kappa shape index (κ2) is 4.60. The van der Waals surface area contributed by atoms with Crippen LogP contribution in [0.25, 0.3) is 0 Å². The van der Waals surface area contributed by atoms with E-state index in [1.54, 1.807) is 18.0 Å². The number of aromatic nitrogens is 1. The van der Waals surface area contributed by atoms with E-state index in [0.717, 1.165) is 6.54 Å². The van der Waals surface area contributed by atoms with Gasteiger partial charge in [0.1, 0.15) is 0 Å². The molecular formula is C12H15FN2O. The number of nitrogens with zero attached hydrogens (tertiary/aromatic N) is 2. The van der Waals surface area contributed by atoms with E-state index in [2.05, 4.69) is 4.98 Å². The predicted octanol–water partition coefficient (Wildman–Crippen LogP) is 2.09. The van der Waals surface area contributed by atoms with Crippen LogP contribution < -0.4 is 0 Å². The Bertz CT molecular complexity index is 390. The molecule has 1 aromatic rings. The van der Waals surface area contributed by atoms with Crippen molar-refractivity contribution >= 4 is 5.91 Å². The minimum atomic E-state index is -0.608. The zero-order valence-electron chi connectivity index (χ0n) is 9.32. The van der Waals surface area contributed by atoms with E-state index >= 15 is 0 Å². The topological polar surface area (TPSA) is 33.2 Å². The summed E-state index contributed by atoms with van der Waals surface area (Å²) in [6, 6.07) is 2.72. The van der Waals surface area contributed by atoms with Gasteiger partial charge in [0.25, 0.3) is 5.91 Å². The lowest BCUT2D eigenvalue weighted by Crippen LogP contribution is -2.34. The van der Waals surface area contributed by atoms with Crippen LogP contribution in [0.2, 0.25) is 0 Å². The highest BCUT2D eigenvalue weighted by molar-refractivity contribution is 5.93. The Hall–Kier alpha value is -1.45. The average molecular weight is 222 g/mol. The number of hydrogen-bond acceptors (Lipinski definition) is 2. The fourth-order valence-electron chi connectivity index (χ4n) is 1.90. The Morgan fingerprint density at radius 1 is 1.62 bits per heavy atom. The van der Waals surface area contributed by atoms with Gasteiger partial charge in [-0.3, -0.25) is 4.79 Å². The normalized spacial score (nSPS) is 15.6. The van der Waals surface area contributed by atoms with Crippen LogP contribution in [0.1, 0.15) is 29.6 Å². The number of pyridine rings is 1. The standard InChI is InChI=1S/C12H15FN2O/c1-15(8-9-3-2-4-9)12(16)10-5-6-14-11(13)7-10/h5-7,9H,2-4,8H2,1H3. The molecule has 0 bridgehead atoms. The molecule has 0 saturated heterocycles. The number of halogens is 1. The van der Waals surface area contributed by atoms with Crippen molar-refractivity contribution in [3.63, 3.8) is 0 Å². The zero-order valence-corrected chi connectivity index (χ0v) is 9.32. The molecule has 1 heterocycles. The molecule has 4 heteroatoms. The summed E-state index contributed by atoms with van der Waals surface area (Å²) < 4.78 is 12.8. The maximum absolute atomic E-state index is 12.8. The molecule has 2 rings (SSSR count). The Morgan fingerprint density at radius 3 is 2.94 bits per heavy atom. The summed E-state index contributed by atoms with van der Waals surface area (Å²) in [7, 11) is 1.76. The predicted molar refractivity (Wildman–Crippen MR) is 58.5 cm³/mol. The minimum Gasteiger partial charge on any atom is -0.341 e. The van der Waals surface area contributed by atoms with Crippen LogP contribution in [0.5, 0.6) is 0 Å². The van der Waals surface area contributed by atoms with Crippen molar-refractivity contribution in [2.45, 2.75) is 19.3 Å². The van der Waals surface area contributed by atoms with E-state index in [-0.39, 0.29) is 5.91 Å². The summed E-state index contributed by atoms with van der Waals surface area (Å²) in [4.78, 5) is 17.0. The summed E-state index contributed by atoms with van der Waals surface area (Å²) in [6.07, 6.45) is 4.97. The molecule has 1 amide bonds. The lowest BCUT2D eigenvalue weighted by atomic mass is 9.85. The monoisotopic (exact) mass is 222 g/mol. The summed E-state index contributed by atoms with van der Waals surface area (Å²) >= 11 is 0. The molecule has 3 nitrogen and oxygen atoms in total. The smallest absolute Gasteiger partial charge is 0.253 e. The first-order chi connectivity index (χ1) is 7.66. The number of amides is 1. The van der Waals surface area contributed by atoms with Gasteiger partial charge in [0.2, 0.25) is 5.95 Å². The van der Waals surface area contributed by atoms with E-state index in [0.29, 0.717) is 11.5 Å². The van der Waals surface area contributed by atoms with Crippen LogP contribution in [-0.4, -0.2) is 29.4 Å². The molecule has 0 radical (unpaired) electrons. The molecule has 1 aliphatic rings. The molecular weight excluding hydrogens is 207 g/mol. The third-order valence-corrected chi connectivity index (χ3v) is 3.08. The number of carbonyl (C=O) groups excluding carboxylic acids is 1. The van der Waals surface area contributed by atoms with Crippen LogP contribution in [0, 0.1) is 11.9 Å². The molecule has 1 saturated carbocycles. The van der Waals surface area contributed by atoms with Gasteiger partial charge in [-0.25, -0.2) is 4.98 Å². The quantitative estimate of drug-likeness (QED) is 0.734. The Morgan fingerprint density at radius 2 is 2.38 bits per heavy atom. The SMILES string of the molecule is CN(CC1CCC1)C(=O)c1ccnc(F)c1. The van der Waals surface area contributed by atoms with Crippen molar-refractivity contribution in [2.24, 2.45) is 5.92 Å². The first kappa shape index (κ1) is 11.0. The van der Waals surface area contributed by atoms with Crippen molar-refractivity contribution in [1.29, 1.82) is 0 Å². The fourth-order valence-corrected chi connectivity index (χ4v) is 1.90. The van der Waals surface area contributed by atoms with E-state index < -0.39 is 5.95 Å². The van der Waals surface area contributed by atoms with E-state index in [1.807, 2.05) is 0 Å². The zero-order chi connectivity index (χ0) is 11.5. The summed E-state index contributed by atoms with van der Waals surface area (Å²) in [5, 5.41) is 0. The Kier molecular flexibility index (Phi) is 3.17. The van der Waals surface area contributed by atoms with Crippen molar-refractivity contribution in [3.8, 4) is 0 Å². The highest BCUT2D eigenvalue weighted by atomic mass is 19.1. The van der Waals surface area contributed by atoms with Crippen LogP contribution in [0.15, 0.2) is 18.3 Å². The van der Waals surface area contributed by atoms with E-state index in [4.69, 9.17) is 0 Å². The summed E-state index contributed by atoms with van der Waals surface area (Å²) in [5.41, 5.74) is 0.370. The van der Waals surface area contributed by atoms with Gasteiger partial charge in [-0.15, -0.1) is 0 Å². The summed E-state index contributed by atoms with van der Waals surface area (Å²) in [5.74, 6) is -0.114. The van der Waals surface area contributed by atoms with Crippen LogP contribution in [0.4, 0.5) is 4.39 Å². The Labute approximate surface area is 94.3 Å².